The summed E-state index contributed by atoms with van der Waals surface area (Å²) < 4.78 is 26.5. The van der Waals surface area contributed by atoms with Crippen LogP contribution in [0.4, 0.5) is 0 Å². The van der Waals surface area contributed by atoms with Gasteiger partial charge in [-0.3, -0.25) is 0 Å². The van der Waals surface area contributed by atoms with Gasteiger partial charge in [0, 0.05) is 12.1 Å². The van der Waals surface area contributed by atoms with Gasteiger partial charge in [-0.1, -0.05) is 23.7 Å². The van der Waals surface area contributed by atoms with E-state index in [2.05, 4.69) is 4.72 Å². The molecule has 90 valence electrons. The van der Waals surface area contributed by atoms with Gasteiger partial charge in [0.1, 0.15) is 4.90 Å². The van der Waals surface area contributed by atoms with Crippen LogP contribution >= 0.6 is 11.6 Å². The van der Waals surface area contributed by atoms with Crippen molar-refractivity contribution in [2.75, 3.05) is 6.54 Å². The van der Waals surface area contributed by atoms with Gasteiger partial charge >= 0.3 is 0 Å². The summed E-state index contributed by atoms with van der Waals surface area (Å²) in [5.41, 5.74) is 4.77. The molecule has 0 fully saturated rings. The predicted octanol–water partition coefficient (Wildman–Crippen LogP) is 1.36. The van der Waals surface area contributed by atoms with Crippen LogP contribution < -0.4 is 10.5 Å². The van der Waals surface area contributed by atoms with Gasteiger partial charge in [0.2, 0.25) is 10.0 Å². The predicted molar refractivity (Wildman–Crippen MR) is 64.9 cm³/mol. The molecule has 0 heterocycles. The molecule has 0 saturated carbocycles. The fourth-order valence-electron chi connectivity index (χ4n) is 1.12. The molecule has 0 saturated heterocycles. The molecule has 0 aliphatic heterocycles. The fourth-order valence-corrected chi connectivity index (χ4v) is 3.07. The smallest absolute Gasteiger partial charge is 0.242 e. The normalized spacial score (nSPS) is 12.8. The fraction of sp³-hybridized carbons (Fsp3) is 0.400. The summed E-state index contributed by atoms with van der Waals surface area (Å²) in [4.78, 5) is 0.0678. The second-order valence-corrected chi connectivity index (χ2v) is 6.18. The average molecular weight is 263 g/mol. The number of benzene rings is 1. The first-order chi connectivity index (χ1) is 7.28. The van der Waals surface area contributed by atoms with Crippen LogP contribution in [-0.4, -0.2) is 20.5 Å². The van der Waals surface area contributed by atoms with Gasteiger partial charge in [-0.05, 0) is 26.0 Å². The minimum absolute atomic E-state index is 0.0678. The van der Waals surface area contributed by atoms with Crippen molar-refractivity contribution in [3.63, 3.8) is 0 Å². The van der Waals surface area contributed by atoms with Gasteiger partial charge in [-0.15, -0.1) is 0 Å². The SMILES string of the molecule is CC(C)(CN)NS(=O)(=O)c1ccccc1Cl. The van der Waals surface area contributed by atoms with Crippen molar-refractivity contribution in [2.45, 2.75) is 24.3 Å². The van der Waals surface area contributed by atoms with Gasteiger partial charge < -0.3 is 5.73 Å². The van der Waals surface area contributed by atoms with E-state index >= 15 is 0 Å². The minimum Gasteiger partial charge on any atom is -0.329 e. The van der Waals surface area contributed by atoms with Crippen molar-refractivity contribution in [3.8, 4) is 0 Å². The Morgan fingerprint density at radius 2 is 1.94 bits per heavy atom. The molecule has 0 amide bonds. The van der Waals surface area contributed by atoms with Gasteiger partial charge in [0.05, 0.1) is 5.02 Å². The molecular weight excluding hydrogens is 248 g/mol. The first-order valence-electron chi connectivity index (χ1n) is 4.77. The largest absolute Gasteiger partial charge is 0.329 e. The van der Waals surface area contributed by atoms with Crippen LogP contribution in [0.15, 0.2) is 29.2 Å². The maximum atomic E-state index is 12.0. The Morgan fingerprint density at radius 3 is 2.44 bits per heavy atom. The second-order valence-electron chi connectivity index (χ2n) is 4.12. The first-order valence-corrected chi connectivity index (χ1v) is 6.63. The molecule has 0 aliphatic rings. The monoisotopic (exact) mass is 262 g/mol. The van der Waals surface area contributed by atoms with E-state index in [1.54, 1.807) is 26.0 Å². The lowest BCUT2D eigenvalue weighted by molar-refractivity contribution is 0.462. The summed E-state index contributed by atoms with van der Waals surface area (Å²) in [5, 5.41) is 0.197. The lowest BCUT2D eigenvalue weighted by Crippen LogP contribution is -2.48. The van der Waals surface area contributed by atoms with E-state index in [0.717, 1.165) is 0 Å². The Labute approximate surface area is 101 Å². The Balaban J connectivity index is 3.09. The summed E-state index contributed by atoms with van der Waals surface area (Å²) >= 11 is 5.83. The molecule has 1 aromatic carbocycles. The second kappa shape index (κ2) is 4.71. The molecule has 0 aromatic heterocycles. The van der Waals surface area contributed by atoms with Gasteiger partial charge in [-0.25, -0.2) is 13.1 Å². The van der Waals surface area contributed by atoms with Crippen LogP contribution in [0, 0.1) is 0 Å². The Hall–Kier alpha value is -0.620. The quantitative estimate of drug-likeness (QED) is 0.861. The molecular formula is C10H15ClN2O2S. The molecule has 4 nitrogen and oxygen atoms in total. The summed E-state index contributed by atoms with van der Waals surface area (Å²) in [6.07, 6.45) is 0. The zero-order valence-electron chi connectivity index (χ0n) is 9.20. The molecule has 1 rings (SSSR count). The molecule has 16 heavy (non-hydrogen) atoms. The molecule has 0 atom stereocenters. The summed E-state index contributed by atoms with van der Waals surface area (Å²) in [6.45, 7) is 3.62. The van der Waals surface area contributed by atoms with Crippen molar-refractivity contribution in [3.05, 3.63) is 29.3 Å². The highest BCUT2D eigenvalue weighted by atomic mass is 35.5. The number of nitrogens with one attached hydrogen (secondary N) is 1. The van der Waals surface area contributed by atoms with E-state index in [9.17, 15) is 8.42 Å². The highest BCUT2D eigenvalue weighted by molar-refractivity contribution is 7.89. The average Bonchev–Trinajstić information content (AvgIpc) is 2.16. The zero-order chi connectivity index (χ0) is 12.4. The van der Waals surface area contributed by atoms with Crippen LogP contribution in [0.3, 0.4) is 0 Å². The third-order valence-electron chi connectivity index (χ3n) is 2.05. The van der Waals surface area contributed by atoms with Crippen LogP contribution in [0.2, 0.25) is 5.02 Å². The van der Waals surface area contributed by atoms with Gasteiger partial charge in [0.25, 0.3) is 0 Å². The van der Waals surface area contributed by atoms with Crippen LogP contribution in [-0.2, 0) is 10.0 Å². The van der Waals surface area contributed by atoms with Crippen LogP contribution in [0.5, 0.6) is 0 Å². The molecule has 0 aliphatic carbocycles. The number of hydrogen-bond acceptors (Lipinski definition) is 3. The summed E-state index contributed by atoms with van der Waals surface area (Å²) in [5.74, 6) is 0. The Morgan fingerprint density at radius 1 is 1.38 bits per heavy atom. The van der Waals surface area contributed by atoms with Crippen molar-refractivity contribution < 1.29 is 8.42 Å². The van der Waals surface area contributed by atoms with Crippen molar-refractivity contribution in [1.82, 2.24) is 4.72 Å². The third-order valence-corrected chi connectivity index (χ3v) is 4.25. The van der Waals surface area contributed by atoms with E-state index in [-0.39, 0.29) is 16.5 Å². The Kier molecular flexibility index (Phi) is 3.96. The molecule has 1 aromatic rings. The number of rotatable bonds is 4. The Bertz CT molecular complexity index is 471. The van der Waals surface area contributed by atoms with Crippen molar-refractivity contribution in [1.29, 1.82) is 0 Å². The topological polar surface area (TPSA) is 72.2 Å². The van der Waals surface area contributed by atoms with Crippen molar-refractivity contribution in [2.24, 2.45) is 5.73 Å². The van der Waals surface area contributed by atoms with Crippen LogP contribution in [0.1, 0.15) is 13.8 Å². The van der Waals surface area contributed by atoms with E-state index in [1.165, 1.54) is 12.1 Å². The summed E-state index contributed by atoms with van der Waals surface area (Å²) in [7, 11) is -3.62. The first kappa shape index (κ1) is 13.4. The number of halogens is 1. The molecule has 0 radical (unpaired) electrons. The number of hydrogen-bond donors (Lipinski definition) is 2. The lowest BCUT2D eigenvalue weighted by Gasteiger charge is -2.24. The van der Waals surface area contributed by atoms with Gasteiger partial charge in [0.15, 0.2) is 0 Å². The molecule has 0 unspecified atom stereocenters. The maximum absolute atomic E-state index is 12.0. The highest BCUT2D eigenvalue weighted by Gasteiger charge is 2.26. The van der Waals surface area contributed by atoms with Crippen LogP contribution in [0.25, 0.3) is 0 Å². The lowest BCUT2D eigenvalue weighted by atomic mass is 10.1. The van der Waals surface area contributed by atoms with E-state index < -0.39 is 15.6 Å². The standard InChI is InChI=1S/C10H15ClN2O2S/c1-10(2,7-12)13-16(14,15)9-6-4-3-5-8(9)11/h3-6,13H,7,12H2,1-2H3. The maximum Gasteiger partial charge on any atom is 0.242 e. The number of nitrogens with two attached hydrogens (primary N) is 1. The third kappa shape index (κ3) is 3.18. The highest BCUT2D eigenvalue weighted by Crippen LogP contribution is 2.21. The summed E-state index contributed by atoms with van der Waals surface area (Å²) in [6, 6.07) is 6.29. The van der Waals surface area contributed by atoms with Crippen molar-refractivity contribution >= 4 is 21.6 Å². The zero-order valence-corrected chi connectivity index (χ0v) is 10.8. The molecule has 0 spiro atoms. The molecule has 0 bridgehead atoms. The van der Waals surface area contributed by atoms with E-state index in [0.29, 0.717) is 0 Å². The minimum atomic E-state index is -3.62. The van der Waals surface area contributed by atoms with E-state index in [4.69, 9.17) is 17.3 Å². The van der Waals surface area contributed by atoms with Gasteiger partial charge in [-0.2, -0.15) is 0 Å². The molecule has 3 N–H and O–H groups in total. The number of sulfonamides is 1. The molecule has 6 heteroatoms. The van der Waals surface area contributed by atoms with E-state index in [1.807, 2.05) is 0 Å².